The average Bonchev–Trinajstić information content (AvgIpc) is 2.71. The van der Waals surface area contributed by atoms with E-state index in [-0.39, 0.29) is 0 Å². The molecule has 4 nitrogen and oxygen atoms in total. The summed E-state index contributed by atoms with van der Waals surface area (Å²) in [6.07, 6.45) is 5.38. The number of amides is 1. The molecule has 0 spiro atoms. The summed E-state index contributed by atoms with van der Waals surface area (Å²) in [6, 6.07) is 7.24. The van der Waals surface area contributed by atoms with Gasteiger partial charge in [-0.2, -0.15) is 0 Å². The van der Waals surface area contributed by atoms with Crippen molar-refractivity contribution in [3.8, 4) is 0 Å². The maximum absolute atomic E-state index is 10.8. The molecule has 1 aromatic heterocycles. The van der Waals surface area contributed by atoms with Crippen molar-refractivity contribution in [1.82, 2.24) is 9.55 Å². The van der Waals surface area contributed by atoms with Gasteiger partial charge in [0.25, 0.3) is 0 Å². The second-order valence-corrected chi connectivity index (χ2v) is 3.30. The summed E-state index contributed by atoms with van der Waals surface area (Å²) in [5.74, 6) is -0.399. The zero-order chi connectivity index (χ0) is 10.7. The summed E-state index contributed by atoms with van der Waals surface area (Å²) >= 11 is 0. The van der Waals surface area contributed by atoms with Gasteiger partial charge in [-0.3, -0.25) is 4.79 Å². The second kappa shape index (κ2) is 3.96. The zero-order valence-corrected chi connectivity index (χ0v) is 8.13. The smallest absolute Gasteiger partial charge is 0.248 e. The fourth-order valence-corrected chi connectivity index (χ4v) is 1.37. The quantitative estimate of drug-likeness (QED) is 0.806. The van der Waals surface area contributed by atoms with Crippen molar-refractivity contribution in [2.24, 2.45) is 5.73 Å². The minimum absolute atomic E-state index is 0.399. The number of nitrogens with two attached hydrogens (primary N) is 1. The Kier molecular flexibility index (Phi) is 2.49. The SMILES string of the molecule is NC(=O)c1ccc(Cn2ccnc2)cc1. The van der Waals surface area contributed by atoms with Gasteiger partial charge < -0.3 is 10.3 Å². The van der Waals surface area contributed by atoms with Gasteiger partial charge in [-0.25, -0.2) is 4.98 Å². The number of primary amides is 1. The van der Waals surface area contributed by atoms with E-state index in [1.54, 1.807) is 24.7 Å². The molecule has 0 fully saturated rings. The largest absolute Gasteiger partial charge is 0.366 e. The number of hydrogen-bond donors (Lipinski definition) is 1. The summed E-state index contributed by atoms with van der Waals surface area (Å²) in [5.41, 5.74) is 6.79. The van der Waals surface area contributed by atoms with Gasteiger partial charge in [0.1, 0.15) is 0 Å². The van der Waals surface area contributed by atoms with Crippen molar-refractivity contribution in [3.63, 3.8) is 0 Å². The molecule has 4 heteroatoms. The Bertz CT molecular complexity index is 445. The minimum Gasteiger partial charge on any atom is -0.366 e. The van der Waals surface area contributed by atoms with Crippen molar-refractivity contribution in [1.29, 1.82) is 0 Å². The third-order valence-electron chi connectivity index (χ3n) is 2.16. The summed E-state index contributed by atoms with van der Waals surface area (Å²) < 4.78 is 1.96. The van der Waals surface area contributed by atoms with Gasteiger partial charge >= 0.3 is 0 Å². The lowest BCUT2D eigenvalue weighted by molar-refractivity contribution is 0.100. The van der Waals surface area contributed by atoms with Gasteiger partial charge in [-0.1, -0.05) is 12.1 Å². The highest BCUT2D eigenvalue weighted by atomic mass is 16.1. The van der Waals surface area contributed by atoms with Gasteiger partial charge in [-0.05, 0) is 17.7 Å². The van der Waals surface area contributed by atoms with Crippen LogP contribution >= 0.6 is 0 Å². The molecule has 76 valence electrons. The highest BCUT2D eigenvalue weighted by Gasteiger charge is 1.99. The fourth-order valence-electron chi connectivity index (χ4n) is 1.37. The number of nitrogens with zero attached hydrogens (tertiary/aromatic N) is 2. The van der Waals surface area contributed by atoms with Crippen LogP contribution in [-0.4, -0.2) is 15.5 Å². The number of carbonyl (C=O) groups is 1. The predicted octanol–water partition coefficient (Wildman–Crippen LogP) is 1.03. The lowest BCUT2D eigenvalue weighted by Gasteiger charge is -2.02. The van der Waals surface area contributed by atoms with Gasteiger partial charge in [-0.15, -0.1) is 0 Å². The van der Waals surface area contributed by atoms with Gasteiger partial charge in [0.05, 0.1) is 6.33 Å². The Morgan fingerprint density at radius 1 is 1.33 bits per heavy atom. The highest BCUT2D eigenvalue weighted by molar-refractivity contribution is 5.92. The maximum Gasteiger partial charge on any atom is 0.248 e. The third-order valence-corrected chi connectivity index (χ3v) is 2.16. The molecule has 1 amide bonds. The highest BCUT2D eigenvalue weighted by Crippen LogP contribution is 2.05. The van der Waals surface area contributed by atoms with E-state index in [1.165, 1.54) is 0 Å². The van der Waals surface area contributed by atoms with Crippen LogP contribution in [0.25, 0.3) is 0 Å². The van der Waals surface area contributed by atoms with E-state index >= 15 is 0 Å². The second-order valence-electron chi connectivity index (χ2n) is 3.30. The molecule has 0 aliphatic rings. The lowest BCUT2D eigenvalue weighted by Crippen LogP contribution is -2.10. The van der Waals surface area contributed by atoms with Crippen molar-refractivity contribution < 1.29 is 4.79 Å². The molecule has 1 aromatic carbocycles. The van der Waals surface area contributed by atoms with Gasteiger partial charge in [0.15, 0.2) is 0 Å². The first-order valence-corrected chi connectivity index (χ1v) is 4.60. The molecule has 0 bridgehead atoms. The van der Waals surface area contributed by atoms with Crippen molar-refractivity contribution in [3.05, 3.63) is 54.1 Å². The van der Waals surface area contributed by atoms with E-state index < -0.39 is 5.91 Å². The monoisotopic (exact) mass is 201 g/mol. The van der Waals surface area contributed by atoms with E-state index in [4.69, 9.17) is 5.73 Å². The molecule has 0 aliphatic carbocycles. The standard InChI is InChI=1S/C11H11N3O/c12-11(15)10-3-1-9(2-4-10)7-14-6-5-13-8-14/h1-6,8H,7H2,(H2,12,15). The number of hydrogen-bond acceptors (Lipinski definition) is 2. The molecule has 0 atom stereocenters. The van der Waals surface area contributed by atoms with Crippen LogP contribution in [0.15, 0.2) is 43.0 Å². The Morgan fingerprint density at radius 2 is 2.07 bits per heavy atom. The first-order chi connectivity index (χ1) is 7.25. The molecular weight excluding hydrogens is 190 g/mol. The predicted molar refractivity (Wildman–Crippen MR) is 56.3 cm³/mol. The van der Waals surface area contributed by atoms with Crippen LogP contribution in [0.5, 0.6) is 0 Å². The topological polar surface area (TPSA) is 60.9 Å². The van der Waals surface area contributed by atoms with Crippen LogP contribution in [0.4, 0.5) is 0 Å². The van der Waals surface area contributed by atoms with E-state index in [2.05, 4.69) is 4.98 Å². The maximum atomic E-state index is 10.8. The van der Waals surface area contributed by atoms with E-state index in [0.29, 0.717) is 5.56 Å². The first kappa shape index (κ1) is 9.45. The van der Waals surface area contributed by atoms with Crippen LogP contribution in [0.1, 0.15) is 15.9 Å². The van der Waals surface area contributed by atoms with E-state index in [0.717, 1.165) is 12.1 Å². The van der Waals surface area contributed by atoms with E-state index in [9.17, 15) is 4.79 Å². The first-order valence-electron chi connectivity index (χ1n) is 4.60. The number of imidazole rings is 1. The van der Waals surface area contributed by atoms with Crippen LogP contribution in [0, 0.1) is 0 Å². The molecule has 0 saturated heterocycles. The van der Waals surface area contributed by atoms with Crippen molar-refractivity contribution in [2.75, 3.05) is 0 Å². The Morgan fingerprint density at radius 3 is 2.60 bits per heavy atom. The van der Waals surface area contributed by atoms with Crippen molar-refractivity contribution in [2.45, 2.75) is 6.54 Å². The number of carbonyl (C=O) groups excluding carboxylic acids is 1. The molecule has 2 N–H and O–H groups in total. The number of rotatable bonds is 3. The third kappa shape index (κ3) is 2.22. The van der Waals surface area contributed by atoms with Crippen molar-refractivity contribution >= 4 is 5.91 Å². The Labute approximate surface area is 87.4 Å². The molecule has 15 heavy (non-hydrogen) atoms. The zero-order valence-electron chi connectivity index (χ0n) is 8.13. The van der Waals surface area contributed by atoms with Crippen LogP contribution in [0.3, 0.4) is 0 Å². The summed E-state index contributed by atoms with van der Waals surface area (Å²) in [4.78, 5) is 14.8. The van der Waals surface area contributed by atoms with E-state index in [1.807, 2.05) is 22.9 Å². The number of aromatic nitrogens is 2. The lowest BCUT2D eigenvalue weighted by atomic mass is 10.1. The van der Waals surface area contributed by atoms with Gasteiger partial charge in [0.2, 0.25) is 5.91 Å². The molecule has 1 heterocycles. The van der Waals surface area contributed by atoms with Gasteiger partial charge in [0, 0.05) is 24.5 Å². The molecule has 0 radical (unpaired) electrons. The summed E-state index contributed by atoms with van der Waals surface area (Å²) in [5, 5.41) is 0. The molecule has 2 aromatic rings. The van der Waals surface area contributed by atoms with Crippen LogP contribution in [0.2, 0.25) is 0 Å². The normalized spacial score (nSPS) is 10.1. The Balaban J connectivity index is 2.14. The summed E-state index contributed by atoms with van der Waals surface area (Å²) in [7, 11) is 0. The summed E-state index contributed by atoms with van der Waals surface area (Å²) in [6.45, 7) is 0.749. The van der Waals surface area contributed by atoms with Crippen LogP contribution < -0.4 is 5.73 Å². The minimum atomic E-state index is -0.399. The number of benzene rings is 1. The van der Waals surface area contributed by atoms with Crippen LogP contribution in [-0.2, 0) is 6.54 Å². The fraction of sp³-hybridized carbons (Fsp3) is 0.0909. The molecule has 0 aliphatic heterocycles. The molecule has 0 saturated carbocycles. The average molecular weight is 201 g/mol. The molecule has 0 unspecified atom stereocenters. The Hall–Kier alpha value is -2.10. The molecule has 2 rings (SSSR count). The molecular formula is C11H11N3O.